The summed E-state index contributed by atoms with van der Waals surface area (Å²) in [6, 6.07) is 0.140. The Hall–Kier alpha value is -0.850. The van der Waals surface area contributed by atoms with Gasteiger partial charge in [0.25, 0.3) is 0 Å². The number of carbonyl (C=O) groups excluding carboxylic acids is 1. The van der Waals surface area contributed by atoms with Crippen molar-refractivity contribution in [2.75, 3.05) is 26.4 Å². The molecule has 6 heteroatoms. The average Bonchev–Trinajstić information content (AvgIpc) is 2.69. The molecule has 1 saturated heterocycles. The lowest BCUT2D eigenvalue weighted by atomic mass is 10.0. The second kappa shape index (κ2) is 15.9. The highest BCUT2D eigenvalue weighted by Gasteiger charge is 2.27. The Morgan fingerprint density at radius 3 is 2.40 bits per heavy atom. The molecule has 1 rings (SSSR count). The number of carbonyl (C=O) groups is 1. The molecular formula is C24H47NO5. The maximum atomic E-state index is 12.6. The molecule has 2 atom stereocenters. The number of unbranched alkanes of at least 4 members (excludes halogenated alkanes) is 5. The van der Waals surface area contributed by atoms with Crippen molar-refractivity contribution in [3.63, 3.8) is 0 Å². The van der Waals surface area contributed by atoms with Crippen molar-refractivity contribution < 1.29 is 24.1 Å². The van der Waals surface area contributed by atoms with Crippen LogP contribution < -0.4 is 0 Å². The van der Waals surface area contributed by atoms with Gasteiger partial charge in [-0.3, -0.25) is 0 Å². The van der Waals surface area contributed by atoms with Gasteiger partial charge < -0.3 is 24.2 Å². The topological polar surface area (TPSA) is 68.2 Å². The van der Waals surface area contributed by atoms with Crippen LogP contribution in [-0.2, 0) is 14.2 Å². The van der Waals surface area contributed by atoms with Crippen LogP contribution in [0.1, 0.15) is 105 Å². The van der Waals surface area contributed by atoms with Gasteiger partial charge in [0.15, 0.2) is 6.29 Å². The Kier molecular flexibility index (Phi) is 14.4. The lowest BCUT2D eigenvalue weighted by Crippen LogP contribution is -2.44. The fraction of sp³-hybridized carbons (Fsp3) is 0.958. The van der Waals surface area contributed by atoms with Gasteiger partial charge in [-0.25, -0.2) is 4.79 Å². The minimum absolute atomic E-state index is 0.0288. The molecule has 0 aromatic rings. The van der Waals surface area contributed by atoms with Gasteiger partial charge in [0.05, 0.1) is 6.61 Å². The van der Waals surface area contributed by atoms with Gasteiger partial charge in [0.1, 0.15) is 5.60 Å². The molecule has 2 unspecified atom stereocenters. The average molecular weight is 430 g/mol. The molecule has 0 bridgehead atoms. The highest BCUT2D eigenvalue weighted by molar-refractivity contribution is 5.68. The van der Waals surface area contributed by atoms with E-state index >= 15 is 0 Å². The molecule has 1 aliphatic rings. The summed E-state index contributed by atoms with van der Waals surface area (Å²) in [5, 5.41) is 9.43. The molecule has 0 saturated carbocycles. The molecule has 178 valence electrons. The standard InChI is InChI=1S/C24H47NO5/c1-5-14-21(25(17-18-26)23(27)30-24(2,3)4)15-10-8-6-7-9-12-19-28-22-16-11-13-20-29-22/h21-22,26H,5-20H2,1-4H3. The summed E-state index contributed by atoms with van der Waals surface area (Å²) >= 11 is 0. The van der Waals surface area contributed by atoms with Crippen molar-refractivity contribution in [2.45, 2.75) is 123 Å². The zero-order valence-electron chi connectivity index (χ0n) is 20.0. The Morgan fingerprint density at radius 1 is 1.10 bits per heavy atom. The second-order valence-corrected chi connectivity index (χ2v) is 9.42. The normalized spacial score (nSPS) is 18.2. The lowest BCUT2D eigenvalue weighted by molar-refractivity contribution is -0.162. The SMILES string of the molecule is CCCC(CCCCCCCCOC1CCCCO1)N(CCO)C(=O)OC(C)(C)C. The molecule has 0 radical (unpaired) electrons. The summed E-state index contributed by atoms with van der Waals surface area (Å²) in [4.78, 5) is 14.3. The summed E-state index contributed by atoms with van der Waals surface area (Å²) in [5.74, 6) is 0. The minimum atomic E-state index is -0.519. The molecule has 1 aliphatic heterocycles. The fourth-order valence-corrected chi connectivity index (χ4v) is 3.89. The predicted octanol–water partition coefficient (Wildman–Crippen LogP) is 5.66. The minimum Gasteiger partial charge on any atom is -0.444 e. The third kappa shape index (κ3) is 12.8. The van der Waals surface area contributed by atoms with E-state index in [-0.39, 0.29) is 25.0 Å². The van der Waals surface area contributed by atoms with Gasteiger partial charge in [-0.15, -0.1) is 0 Å². The first kappa shape index (κ1) is 27.2. The van der Waals surface area contributed by atoms with Crippen LogP contribution in [0.15, 0.2) is 0 Å². The van der Waals surface area contributed by atoms with Gasteiger partial charge in [-0.2, -0.15) is 0 Å². The van der Waals surface area contributed by atoms with Crippen LogP contribution in [0.4, 0.5) is 4.79 Å². The van der Waals surface area contributed by atoms with Gasteiger partial charge in [-0.1, -0.05) is 45.4 Å². The van der Waals surface area contributed by atoms with E-state index < -0.39 is 5.60 Å². The Morgan fingerprint density at radius 2 is 1.80 bits per heavy atom. The summed E-state index contributed by atoms with van der Waals surface area (Å²) in [5.41, 5.74) is -0.519. The first-order valence-corrected chi connectivity index (χ1v) is 12.2. The molecule has 1 fully saturated rings. The molecule has 1 N–H and O–H groups in total. The summed E-state index contributed by atoms with van der Waals surface area (Å²) < 4.78 is 16.9. The molecule has 0 spiro atoms. The van der Waals surface area contributed by atoms with Crippen molar-refractivity contribution in [2.24, 2.45) is 0 Å². The maximum absolute atomic E-state index is 12.6. The Bertz CT molecular complexity index is 432. The van der Waals surface area contributed by atoms with Crippen molar-refractivity contribution in [3.05, 3.63) is 0 Å². The Labute approximate surface area is 184 Å². The van der Waals surface area contributed by atoms with Crippen LogP contribution >= 0.6 is 0 Å². The van der Waals surface area contributed by atoms with E-state index in [1.807, 2.05) is 20.8 Å². The number of nitrogens with zero attached hydrogens (tertiary/aromatic N) is 1. The van der Waals surface area contributed by atoms with E-state index in [4.69, 9.17) is 14.2 Å². The molecule has 6 nitrogen and oxygen atoms in total. The largest absolute Gasteiger partial charge is 0.444 e. The molecule has 1 amide bonds. The van der Waals surface area contributed by atoms with Crippen LogP contribution in [0.5, 0.6) is 0 Å². The van der Waals surface area contributed by atoms with Gasteiger partial charge >= 0.3 is 6.09 Å². The summed E-state index contributed by atoms with van der Waals surface area (Å²) in [6.07, 6.45) is 13.1. The smallest absolute Gasteiger partial charge is 0.410 e. The van der Waals surface area contributed by atoms with E-state index in [0.717, 1.165) is 58.2 Å². The highest BCUT2D eigenvalue weighted by Crippen LogP contribution is 2.20. The number of rotatable bonds is 15. The number of amides is 1. The molecule has 0 aliphatic carbocycles. The van der Waals surface area contributed by atoms with Crippen molar-refractivity contribution in [1.29, 1.82) is 0 Å². The molecule has 0 aromatic carbocycles. The number of aliphatic hydroxyl groups excluding tert-OH is 1. The third-order valence-electron chi connectivity index (χ3n) is 5.40. The summed E-state index contributed by atoms with van der Waals surface area (Å²) in [6.45, 7) is 9.72. The second-order valence-electron chi connectivity index (χ2n) is 9.42. The molecule has 1 heterocycles. The van der Waals surface area contributed by atoms with Crippen LogP contribution in [-0.4, -0.2) is 60.4 Å². The quantitative estimate of drug-likeness (QED) is 0.340. The monoisotopic (exact) mass is 429 g/mol. The van der Waals surface area contributed by atoms with Crippen LogP contribution in [0.25, 0.3) is 0 Å². The van der Waals surface area contributed by atoms with Crippen molar-refractivity contribution in [3.8, 4) is 0 Å². The highest BCUT2D eigenvalue weighted by atomic mass is 16.7. The van der Waals surface area contributed by atoms with Crippen molar-refractivity contribution in [1.82, 2.24) is 4.90 Å². The van der Waals surface area contributed by atoms with Gasteiger partial charge in [0.2, 0.25) is 0 Å². The van der Waals surface area contributed by atoms with Gasteiger partial charge in [0, 0.05) is 25.8 Å². The number of hydrogen-bond donors (Lipinski definition) is 1. The van der Waals surface area contributed by atoms with Crippen LogP contribution in [0.2, 0.25) is 0 Å². The van der Waals surface area contributed by atoms with E-state index in [1.54, 1.807) is 4.90 Å². The number of hydrogen-bond acceptors (Lipinski definition) is 5. The Balaban J connectivity index is 2.21. The lowest BCUT2D eigenvalue weighted by Gasteiger charge is -2.33. The third-order valence-corrected chi connectivity index (χ3v) is 5.40. The van der Waals surface area contributed by atoms with E-state index in [1.165, 1.54) is 32.1 Å². The van der Waals surface area contributed by atoms with E-state index in [0.29, 0.717) is 6.54 Å². The maximum Gasteiger partial charge on any atom is 0.410 e. The first-order valence-electron chi connectivity index (χ1n) is 12.2. The van der Waals surface area contributed by atoms with E-state index in [2.05, 4.69) is 6.92 Å². The zero-order chi connectivity index (χ0) is 22.2. The zero-order valence-corrected chi connectivity index (χ0v) is 20.0. The first-order chi connectivity index (χ1) is 14.4. The van der Waals surface area contributed by atoms with E-state index in [9.17, 15) is 9.90 Å². The van der Waals surface area contributed by atoms with Gasteiger partial charge in [-0.05, 0) is 59.3 Å². The number of ether oxygens (including phenoxy) is 3. The molecule has 0 aromatic heterocycles. The van der Waals surface area contributed by atoms with Crippen molar-refractivity contribution >= 4 is 6.09 Å². The molecular weight excluding hydrogens is 382 g/mol. The fourth-order valence-electron chi connectivity index (χ4n) is 3.89. The number of aliphatic hydroxyl groups is 1. The summed E-state index contributed by atoms with van der Waals surface area (Å²) in [7, 11) is 0. The molecule has 30 heavy (non-hydrogen) atoms. The van der Waals surface area contributed by atoms with Crippen LogP contribution in [0.3, 0.4) is 0 Å². The predicted molar refractivity (Wildman–Crippen MR) is 121 cm³/mol. The van der Waals surface area contributed by atoms with Crippen LogP contribution in [0, 0.1) is 0 Å².